The van der Waals surface area contributed by atoms with Gasteiger partial charge < -0.3 is 20.5 Å². The first-order chi connectivity index (χ1) is 14.4. The molecule has 1 rings (SSSR count). The number of ether oxygens (including phenoxy) is 1. The van der Waals surface area contributed by atoms with Crippen molar-refractivity contribution in [1.82, 2.24) is 10.6 Å². The van der Waals surface area contributed by atoms with E-state index in [1.165, 1.54) is 0 Å². The van der Waals surface area contributed by atoms with Crippen molar-refractivity contribution >= 4 is 17.8 Å². The molecule has 0 spiro atoms. The molecule has 3 atom stereocenters. The molecule has 1 aromatic carbocycles. The molecule has 0 unspecified atom stereocenters. The smallest absolute Gasteiger partial charge is 0.306 e. The minimum absolute atomic E-state index is 0.0136. The summed E-state index contributed by atoms with van der Waals surface area (Å²) in [4.78, 5) is 36.9. The highest BCUT2D eigenvalue weighted by molar-refractivity contribution is 5.86. The Labute approximate surface area is 178 Å². The fourth-order valence-electron chi connectivity index (χ4n) is 2.75. The molecule has 2 amide bonds. The van der Waals surface area contributed by atoms with Crippen LogP contribution in [-0.2, 0) is 19.1 Å². The van der Waals surface area contributed by atoms with E-state index in [9.17, 15) is 14.4 Å². The van der Waals surface area contributed by atoms with Gasteiger partial charge in [-0.25, -0.2) is 0 Å². The van der Waals surface area contributed by atoms with Crippen molar-refractivity contribution in [3.05, 3.63) is 61.2 Å². The lowest BCUT2D eigenvalue weighted by Gasteiger charge is -2.23. The van der Waals surface area contributed by atoms with Crippen LogP contribution in [0, 0.1) is 5.92 Å². The van der Waals surface area contributed by atoms with Crippen LogP contribution in [0.4, 0.5) is 0 Å². The Morgan fingerprint density at radius 3 is 2.43 bits per heavy atom. The summed E-state index contributed by atoms with van der Waals surface area (Å²) >= 11 is 0. The van der Waals surface area contributed by atoms with Crippen LogP contribution in [0.25, 0.3) is 0 Å². The minimum Gasteiger partial charge on any atom is -0.463 e. The number of carbonyl (C=O) groups is 3. The lowest BCUT2D eigenvalue weighted by atomic mass is 9.98. The molecule has 0 heterocycles. The minimum atomic E-state index is -0.629. The number of nitrogens with one attached hydrogen (secondary N) is 2. The topological polar surface area (TPSA) is 105 Å². The molecule has 0 aliphatic carbocycles. The number of hydrogen-bond donors (Lipinski definition) is 3. The number of rotatable bonds is 14. The van der Waals surface area contributed by atoms with Gasteiger partial charge in [0.1, 0.15) is 6.61 Å². The molecule has 7 heteroatoms. The molecule has 0 saturated carbocycles. The van der Waals surface area contributed by atoms with Crippen LogP contribution >= 0.6 is 0 Å². The first-order valence-electron chi connectivity index (χ1n) is 10.0. The van der Waals surface area contributed by atoms with Gasteiger partial charge in [0.2, 0.25) is 11.8 Å². The van der Waals surface area contributed by atoms with Crippen LogP contribution in [-0.4, -0.2) is 42.1 Å². The fourth-order valence-corrected chi connectivity index (χ4v) is 2.75. The number of aliphatic hydroxyl groups is 1. The van der Waals surface area contributed by atoms with Gasteiger partial charge in [-0.3, -0.25) is 14.4 Å². The first-order valence-corrected chi connectivity index (χ1v) is 10.0. The van der Waals surface area contributed by atoms with Crippen LogP contribution in [0.3, 0.4) is 0 Å². The average Bonchev–Trinajstić information content (AvgIpc) is 2.75. The third kappa shape index (κ3) is 9.52. The highest BCUT2D eigenvalue weighted by atomic mass is 16.5. The second-order valence-electron chi connectivity index (χ2n) is 7.06. The number of aliphatic hydroxyl groups excluding tert-OH is 1. The number of esters is 1. The first kappa shape index (κ1) is 25.1. The quantitative estimate of drug-likeness (QED) is 0.319. The summed E-state index contributed by atoms with van der Waals surface area (Å²) in [6, 6.07) is 8.25. The molecule has 0 aliphatic rings. The van der Waals surface area contributed by atoms with Crippen LogP contribution < -0.4 is 10.6 Å². The van der Waals surface area contributed by atoms with Crippen LogP contribution in [0.5, 0.6) is 0 Å². The maximum absolute atomic E-state index is 12.9. The Morgan fingerprint density at radius 2 is 1.83 bits per heavy atom. The highest BCUT2D eigenvalue weighted by Gasteiger charge is 2.25. The zero-order valence-electron chi connectivity index (χ0n) is 17.5. The molecule has 0 saturated heterocycles. The van der Waals surface area contributed by atoms with Gasteiger partial charge in [-0.1, -0.05) is 42.5 Å². The summed E-state index contributed by atoms with van der Waals surface area (Å²) < 4.78 is 5.32. The van der Waals surface area contributed by atoms with Gasteiger partial charge >= 0.3 is 5.97 Å². The third-order valence-electron chi connectivity index (χ3n) is 4.42. The molecule has 0 aliphatic heterocycles. The van der Waals surface area contributed by atoms with Gasteiger partial charge in [0, 0.05) is 18.9 Å². The molecular weight excluding hydrogens is 384 g/mol. The maximum Gasteiger partial charge on any atom is 0.306 e. The second-order valence-corrected chi connectivity index (χ2v) is 7.06. The molecule has 0 aromatic heterocycles. The van der Waals surface area contributed by atoms with Gasteiger partial charge in [0.25, 0.3) is 0 Å². The van der Waals surface area contributed by atoms with E-state index in [0.29, 0.717) is 12.8 Å². The Kier molecular flexibility index (Phi) is 11.8. The highest BCUT2D eigenvalue weighted by Crippen LogP contribution is 2.17. The monoisotopic (exact) mass is 416 g/mol. The summed E-state index contributed by atoms with van der Waals surface area (Å²) in [6.45, 7) is 8.72. The fraction of sp³-hybridized carbons (Fsp3) is 0.435. The summed E-state index contributed by atoms with van der Waals surface area (Å²) in [5, 5.41) is 14.6. The van der Waals surface area contributed by atoms with Crippen molar-refractivity contribution < 1.29 is 24.2 Å². The zero-order chi connectivity index (χ0) is 22.4. The van der Waals surface area contributed by atoms with E-state index in [1.54, 1.807) is 19.1 Å². The van der Waals surface area contributed by atoms with Crippen LogP contribution in [0.15, 0.2) is 55.6 Å². The Balaban J connectivity index is 2.83. The predicted octanol–water partition coefficient (Wildman–Crippen LogP) is 2.43. The number of benzene rings is 1. The Morgan fingerprint density at radius 1 is 1.13 bits per heavy atom. The molecule has 164 valence electrons. The van der Waals surface area contributed by atoms with Crippen LogP contribution in [0.2, 0.25) is 0 Å². The van der Waals surface area contributed by atoms with E-state index in [0.717, 1.165) is 5.56 Å². The SMILES string of the molecule is C=CCCC(=O)OC[C@H](NC(=O)[C@@H](CC=C)CC(=O)N[C@H](C)CO)c1ccccc1. The Hall–Kier alpha value is -2.93. The molecule has 0 bridgehead atoms. The van der Waals surface area contributed by atoms with Crippen molar-refractivity contribution in [2.24, 2.45) is 5.92 Å². The summed E-state index contributed by atoms with van der Waals surface area (Å²) in [7, 11) is 0. The zero-order valence-corrected chi connectivity index (χ0v) is 17.5. The van der Waals surface area contributed by atoms with Crippen molar-refractivity contribution in [1.29, 1.82) is 0 Å². The number of carbonyl (C=O) groups excluding carboxylic acids is 3. The van der Waals surface area contributed by atoms with E-state index < -0.39 is 18.0 Å². The molecule has 1 aromatic rings. The van der Waals surface area contributed by atoms with Crippen molar-refractivity contribution in [2.75, 3.05) is 13.2 Å². The largest absolute Gasteiger partial charge is 0.463 e. The number of amides is 2. The second kappa shape index (κ2) is 14.1. The van der Waals surface area contributed by atoms with Crippen LogP contribution in [0.1, 0.15) is 44.2 Å². The molecule has 0 fully saturated rings. The average molecular weight is 417 g/mol. The standard InChI is InChI=1S/C23H32N2O5/c1-4-6-13-22(28)30-16-20(18-11-8-7-9-12-18)25-23(29)19(10-5-2)14-21(27)24-17(3)15-26/h4-5,7-9,11-12,17,19-20,26H,1-2,6,10,13-16H2,3H3,(H,24,27)(H,25,29)/t17-,19+,20+/m1/s1. The van der Waals surface area contributed by atoms with E-state index in [4.69, 9.17) is 9.84 Å². The van der Waals surface area contributed by atoms with Crippen molar-refractivity contribution in [3.8, 4) is 0 Å². The van der Waals surface area contributed by atoms with E-state index in [2.05, 4.69) is 23.8 Å². The summed E-state index contributed by atoms with van der Waals surface area (Å²) in [6.07, 6.45) is 4.24. The van der Waals surface area contributed by atoms with Gasteiger partial charge in [0.15, 0.2) is 0 Å². The van der Waals surface area contributed by atoms with Gasteiger partial charge in [-0.15, -0.1) is 13.2 Å². The van der Waals surface area contributed by atoms with Crippen molar-refractivity contribution in [2.45, 2.75) is 44.7 Å². The van der Waals surface area contributed by atoms with Gasteiger partial charge in [-0.2, -0.15) is 0 Å². The molecule has 30 heavy (non-hydrogen) atoms. The molecular formula is C23H32N2O5. The third-order valence-corrected chi connectivity index (χ3v) is 4.42. The molecule has 3 N–H and O–H groups in total. The Bertz CT molecular complexity index is 705. The lowest BCUT2D eigenvalue weighted by molar-refractivity contribution is -0.145. The lowest BCUT2D eigenvalue weighted by Crippen LogP contribution is -2.40. The van der Waals surface area contributed by atoms with E-state index in [-0.39, 0.29) is 43.8 Å². The number of hydrogen-bond acceptors (Lipinski definition) is 5. The van der Waals surface area contributed by atoms with Crippen molar-refractivity contribution in [3.63, 3.8) is 0 Å². The molecule has 7 nitrogen and oxygen atoms in total. The van der Waals surface area contributed by atoms with Gasteiger partial charge in [-0.05, 0) is 25.3 Å². The predicted molar refractivity (Wildman–Crippen MR) is 115 cm³/mol. The van der Waals surface area contributed by atoms with Gasteiger partial charge in [0.05, 0.1) is 18.6 Å². The maximum atomic E-state index is 12.9. The van der Waals surface area contributed by atoms with E-state index in [1.807, 2.05) is 30.3 Å². The normalized spacial score (nSPS) is 13.4. The summed E-state index contributed by atoms with van der Waals surface area (Å²) in [5.74, 6) is -1.66. The number of allylic oxidation sites excluding steroid dienone is 2. The van der Waals surface area contributed by atoms with E-state index >= 15 is 0 Å². The molecule has 0 radical (unpaired) electrons. The summed E-state index contributed by atoms with van der Waals surface area (Å²) in [5.41, 5.74) is 0.790.